The fourth-order valence-corrected chi connectivity index (χ4v) is 5.13. The number of ether oxygens (including phenoxy) is 2. The zero-order valence-electron chi connectivity index (χ0n) is 21.1. The van der Waals surface area contributed by atoms with Crippen LogP contribution in [-0.2, 0) is 0 Å². The lowest BCUT2D eigenvalue weighted by atomic mass is 9.91. The van der Waals surface area contributed by atoms with E-state index in [-0.39, 0.29) is 41.1 Å². The molecule has 0 N–H and O–H groups in total. The van der Waals surface area contributed by atoms with Crippen LogP contribution in [0.25, 0.3) is 6.08 Å². The summed E-state index contributed by atoms with van der Waals surface area (Å²) in [6.45, 7) is 0.473. The van der Waals surface area contributed by atoms with Crippen molar-refractivity contribution in [3.63, 3.8) is 0 Å². The van der Waals surface area contributed by atoms with Gasteiger partial charge < -0.3 is 14.4 Å². The second-order valence-electron chi connectivity index (χ2n) is 9.70. The minimum absolute atomic E-state index is 0.0312. The summed E-state index contributed by atoms with van der Waals surface area (Å²) in [5.74, 6) is -1.76. The number of benzene rings is 2. The van der Waals surface area contributed by atoms with Gasteiger partial charge >= 0.3 is 6.61 Å². The van der Waals surface area contributed by atoms with E-state index in [0.717, 1.165) is 43.9 Å². The van der Waals surface area contributed by atoms with Crippen LogP contribution in [0.2, 0.25) is 0 Å². The van der Waals surface area contributed by atoms with Crippen LogP contribution >= 0.6 is 0 Å². The average Bonchev–Trinajstić information content (AvgIpc) is 3.26. The Morgan fingerprint density at radius 1 is 1.11 bits per heavy atom. The van der Waals surface area contributed by atoms with Gasteiger partial charge in [0.2, 0.25) is 0 Å². The highest BCUT2D eigenvalue weighted by molar-refractivity contribution is 5.95. The van der Waals surface area contributed by atoms with Crippen LogP contribution in [0, 0.1) is 11.6 Å². The predicted octanol–water partition coefficient (Wildman–Crippen LogP) is 6.14. The number of hydrogen-bond acceptors (Lipinski definition) is 4. The molecule has 1 atom stereocenters. The molecular formula is C28H32F4N2O3. The number of likely N-dealkylation sites (tertiary alicyclic amines) is 1. The molecule has 1 aliphatic carbocycles. The van der Waals surface area contributed by atoms with Crippen LogP contribution in [0.5, 0.6) is 11.5 Å². The minimum atomic E-state index is -3.02. The van der Waals surface area contributed by atoms with Crippen LogP contribution < -0.4 is 9.47 Å². The lowest BCUT2D eigenvalue weighted by molar-refractivity contribution is -0.0512. The van der Waals surface area contributed by atoms with Crippen molar-refractivity contribution in [2.75, 3.05) is 26.7 Å². The molecular weight excluding hydrogens is 488 g/mol. The van der Waals surface area contributed by atoms with Crippen LogP contribution in [0.3, 0.4) is 0 Å². The van der Waals surface area contributed by atoms with Crippen molar-refractivity contribution < 1.29 is 31.8 Å². The molecule has 0 unspecified atom stereocenters. The van der Waals surface area contributed by atoms with Gasteiger partial charge in [-0.15, -0.1) is 0 Å². The molecule has 1 aliphatic heterocycles. The number of methoxy groups -OCH3 is 1. The van der Waals surface area contributed by atoms with Crippen molar-refractivity contribution >= 4 is 12.0 Å². The van der Waals surface area contributed by atoms with E-state index in [1.807, 2.05) is 0 Å². The lowest BCUT2D eigenvalue weighted by Gasteiger charge is -2.40. The van der Waals surface area contributed by atoms with Gasteiger partial charge in [0.15, 0.2) is 11.5 Å². The lowest BCUT2D eigenvalue weighted by Crippen LogP contribution is -2.49. The highest BCUT2D eigenvalue weighted by Crippen LogP contribution is 2.33. The molecule has 37 heavy (non-hydrogen) atoms. The summed E-state index contributed by atoms with van der Waals surface area (Å²) >= 11 is 0. The monoisotopic (exact) mass is 520 g/mol. The third-order valence-corrected chi connectivity index (χ3v) is 7.12. The standard InChI is InChI=1S/C28H32F4N2O3/c1-18(13-19-8-10-21(29)15-24(19)30)16-33(17-23-7-4-12-34(23)22-5-3-6-22)27(35)20-9-11-25(37-28(31)32)26(14-20)36-2/h8-11,13-15,22-23,28H,3-7,12,16-17H2,1-2H3/b18-13+/t23-/m0/s1. The van der Waals surface area contributed by atoms with Crippen molar-refractivity contribution in [2.24, 2.45) is 0 Å². The van der Waals surface area contributed by atoms with Gasteiger partial charge in [0.1, 0.15) is 11.6 Å². The van der Waals surface area contributed by atoms with Crippen molar-refractivity contribution in [3.05, 3.63) is 64.7 Å². The highest BCUT2D eigenvalue weighted by Gasteiger charge is 2.35. The first-order valence-electron chi connectivity index (χ1n) is 12.5. The summed E-state index contributed by atoms with van der Waals surface area (Å²) in [6.07, 6.45) is 7.18. The van der Waals surface area contributed by atoms with E-state index in [4.69, 9.17) is 4.74 Å². The molecule has 1 heterocycles. The van der Waals surface area contributed by atoms with Crippen LogP contribution in [0.4, 0.5) is 17.6 Å². The fraction of sp³-hybridized carbons (Fsp3) is 0.464. The average molecular weight is 521 g/mol. The van der Waals surface area contributed by atoms with Gasteiger partial charge in [0.25, 0.3) is 5.91 Å². The van der Waals surface area contributed by atoms with Gasteiger partial charge in [-0.2, -0.15) is 8.78 Å². The molecule has 0 radical (unpaired) electrons. The molecule has 1 amide bonds. The number of amides is 1. The molecule has 2 aliphatic rings. The highest BCUT2D eigenvalue weighted by atomic mass is 19.3. The summed E-state index contributed by atoms with van der Waals surface area (Å²) < 4.78 is 62.7. The third kappa shape index (κ3) is 6.63. The number of carbonyl (C=O) groups excluding carboxylic acids is 1. The van der Waals surface area contributed by atoms with Crippen LogP contribution in [-0.4, -0.2) is 61.1 Å². The van der Waals surface area contributed by atoms with E-state index < -0.39 is 18.2 Å². The van der Waals surface area contributed by atoms with Gasteiger partial charge in [-0.25, -0.2) is 8.78 Å². The minimum Gasteiger partial charge on any atom is -0.493 e. The summed E-state index contributed by atoms with van der Waals surface area (Å²) in [7, 11) is 1.32. The Hall–Kier alpha value is -3.07. The van der Waals surface area contributed by atoms with Crippen molar-refractivity contribution in [1.29, 1.82) is 0 Å². The molecule has 2 fully saturated rings. The number of nitrogens with zero attached hydrogens (tertiary/aromatic N) is 2. The Morgan fingerprint density at radius 3 is 2.54 bits per heavy atom. The maximum absolute atomic E-state index is 14.2. The maximum Gasteiger partial charge on any atom is 0.387 e. The first kappa shape index (κ1) is 27.0. The first-order chi connectivity index (χ1) is 17.7. The van der Waals surface area contributed by atoms with Gasteiger partial charge in [-0.3, -0.25) is 9.69 Å². The smallest absolute Gasteiger partial charge is 0.387 e. The fourth-order valence-electron chi connectivity index (χ4n) is 5.13. The molecule has 2 aromatic carbocycles. The van der Waals surface area contributed by atoms with Crippen molar-refractivity contribution in [3.8, 4) is 11.5 Å². The Kier molecular flexibility index (Phi) is 8.74. The SMILES string of the molecule is COc1cc(C(=O)N(C/C(C)=C/c2ccc(F)cc2F)C[C@@H]2CCCN2C2CCC2)ccc1OC(F)F. The van der Waals surface area contributed by atoms with Gasteiger partial charge in [-0.05, 0) is 69.5 Å². The molecule has 0 bridgehead atoms. The molecule has 2 aromatic rings. The van der Waals surface area contributed by atoms with Crippen molar-refractivity contribution in [2.45, 2.75) is 57.7 Å². The van der Waals surface area contributed by atoms with E-state index in [2.05, 4.69) is 9.64 Å². The van der Waals surface area contributed by atoms with Gasteiger partial charge in [0, 0.05) is 42.4 Å². The Bertz CT molecular complexity index is 1140. The van der Waals surface area contributed by atoms with E-state index in [0.29, 0.717) is 12.6 Å². The zero-order valence-corrected chi connectivity index (χ0v) is 21.1. The number of hydrogen-bond donors (Lipinski definition) is 0. The second-order valence-corrected chi connectivity index (χ2v) is 9.70. The molecule has 0 spiro atoms. The molecule has 200 valence electrons. The molecule has 5 nitrogen and oxygen atoms in total. The van der Waals surface area contributed by atoms with Crippen molar-refractivity contribution in [1.82, 2.24) is 9.80 Å². The second kappa shape index (κ2) is 12.0. The van der Waals surface area contributed by atoms with Gasteiger partial charge in [-0.1, -0.05) is 18.1 Å². The normalized spacial score (nSPS) is 18.7. The quantitative estimate of drug-likeness (QED) is 0.353. The summed E-state index contributed by atoms with van der Waals surface area (Å²) in [6, 6.07) is 8.25. The topological polar surface area (TPSA) is 42.0 Å². The summed E-state index contributed by atoms with van der Waals surface area (Å²) in [4.78, 5) is 17.9. The Morgan fingerprint density at radius 2 is 1.89 bits per heavy atom. The van der Waals surface area contributed by atoms with E-state index in [1.165, 1.54) is 43.9 Å². The van der Waals surface area contributed by atoms with E-state index in [1.54, 1.807) is 17.9 Å². The third-order valence-electron chi connectivity index (χ3n) is 7.12. The first-order valence-corrected chi connectivity index (χ1v) is 12.5. The Labute approximate surface area is 214 Å². The van der Waals surface area contributed by atoms with Crippen LogP contribution in [0.15, 0.2) is 42.0 Å². The molecule has 1 saturated heterocycles. The van der Waals surface area contributed by atoms with Crippen LogP contribution in [0.1, 0.15) is 54.9 Å². The number of carbonyl (C=O) groups is 1. The maximum atomic E-state index is 14.2. The zero-order chi connectivity index (χ0) is 26.5. The number of halogens is 4. The number of alkyl halides is 2. The number of rotatable bonds is 10. The summed E-state index contributed by atoms with van der Waals surface area (Å²) in [5.41, 5.74) is 1.22. The molecule has 4 rings (SSSR count). The van der Waals surface area contributed by atoms with Gasteiger partial charge in [0.05, 0.1) is 7.11 Å². The molecule has 0 aromatic heterocycles. The summed E-state index contributed by atoms with van der Waals surface area (Å²) in [5, 5.41) is 0. The predicted molar refractivity (Wildman–Crippen MR) is 133 cm³/mol. The molecule has 9 heteroatoms. The van der Waals surface area contributed by atoms with E-state index in [9.17, 15) is 22.4 Å². The molecule has 1 saturated carbocycles. The Balaban J connectivity index is 1.59. The van der Waals surface area contributed by atoms with E-state index >= 15 is 0 Å². The largest absolute Gasteiger partial charge is 0.493 e.